The zero-order valence-electron chi connectivity index (χ0n) is 20.1. The number of carbonyl (C=O) groups is 6. The minimum atomic E-state index is -1.60. The normalized spacial score (nSPS) is 14.0. The monoisotopic (exact) mass is 526 g/mol. The van der Waals surface area contributed by atoms with Crippen molar-refractivity contribution in [1.82, 2.24) is 25.9 Å². The molecule has 0 aliphatic carbocycles. The third-order valence-electron chi connectivity index (χ3n) is 5.22. The summed E-state index contributed by atoms with van der Waals surface area (Å²) in [5.41, 5.74) is 17.0. The van der Waals surface area contributed by atoms with Gasteiger partial charge in [0.2, 0.25) is 23.6 Å². The fourth-order valence-corrected chi connectivity index (χ4v) is 3.22. The van der Waals surface area contributed by atoms with E-state index in [0.717, 1.165) is 0 Å². The lowest BCUT2D eigenvalue weighted by molar-refractivity contribution is -0.143. The van der Waals surface area contributed by atoms with Gasteiger partial charge in [-0.25, -0.2) is 9.78 Å². The van der Waals surface area contributed by atoms with Crippen LogP contribution in [0.3, 0.4) is 0 Å². The van der Waals surface area contributed by atoms with Gasteiger partial charge >= 0.3 is 11.9 Å². The second-order valence-corrected chi connectivity index (χ2v) is 8.30. The lowest BCUT2D eigenvalue weighted by Gasteiger charge is -2.24. The Hall–Kier alpha value is -4.05. The van der Waals surface area contributed by atoms with Crippen LogP contribution in [0.2, 0.25) is 0 Å². The second-order valence-electron chi connectivity index (χ2n) is 8.30. The number of rotatable bonds is 18. The number of carboxylic acid groups (broad SMARTS) is 2. The third-order valence-corrected chi connectivity index (χ3v) is 5.22. The fraction of sp³-hybridized carbons (Fsp3) is 0.571. The molecule has 0 radical (unpaired) electrons. The van der Waals surface area contributed by atoms with Crippen molar-refractivity contribution in [3.05, 3.63) is 18.2 Å². The second kappa shape index (κ2) is 15.8. The van der Waals surface area contributed by atoms with Crippen molar-refractivity contribution in [2.75, 3.05) is 6.54 Å². The van der Waals surface area contributed by atoms with E-state index in [2.05, 4.69) is 25.9 Å². The Bertz CT molecular complexity index is 939. The highest BCUT2D eigenvalue weighted by atomic mass is 16.4. The number of hydrogen-bond donors (Lipinski definition) is 9. The number of nitrogens with two attached hydrogens (primary N) is 3. The first-order valence-electron chi connectivity index (χ1n) is 11.5. The molecule has 0 aliphatic heterocycles. The van der Waals surface area contributed by atoms with Gasteiger partial charge in [0.1, 0.15) is 18.1 Å². The number of H-pyrrole nitrogens is 1. The van der Waals surface area contributed by atoms with Crippen molar-refractivity contribution < 1.29 is 39.0 Å². The van der Waals surface area contributed by atoms with E-state index in [4.69, 9.17) is 22.3 Å². The van der Waals surface area contributed by atoms with Crippen LogP contribution in [-0.2, 0) is 35.2 Å². The Morgan fingerprint density at radius 1 is 0.919 bits per heavy atom. The van der Waals surface area contributed by atoms with Crippen LogP contribution in [0.5, 0.6) is 0 Å². The quantitative estimate of drug-likeness (QED) is 0.0853. The van der Waals surface area contributed by atoms with Gasteiger partial charge in [-0.3, -0.25) is 24.0 Å². The minimum absolute atomic E-state index is 0.0750. The number of aromatic nitrogens is 2. The molecule has 37 heavy (non-hydrogen) atoms. The van der Waals surface area contributed by atoms with Crippen LogP contribution in [0.4, 0.5) is 0 Å². The molecule has 0 saturated heterocycles. The molecule has 16 heteroatoms. The molecule has 1 aromatic rings. The number of primary amides is 1. The summed E-state index contributed by atoms with van der Waals surface area (Å²) in [6.45, 7) is 0.432. The number of hydrogen-bond acceptors (Lipinski definition) is 9. The molecule has 1 heterocycles. The van der Waals surface area contributed by atoms with E-state index in [1.807, 2.05) is 0 Å². The van der Waals surface area contributed by atoms with E-state index >= 15 is 0 Å². The van der Waals surface area contributed by atoms with Crippen LogP contribution in [0.15, 0.2) is 12.5 Å². The molecule has 4 atom stereocenters. The Kier molecular flexibility index (Phi) is 13.3. The Morgan fingerprint density at radius 3 is 2.08 bits per heavy atom. The van der Waals surface area contributed by atoms with Gasteiger partial charge in [-0.1, -0.05) is 6.42 Å². The molecule has 0 spiro atoms. The zero-order chi connectivity index (χ0) is 28.0. The summed E-state index contributed by atoms with van der Waals surface area (Å²) in [5.74, 6) is -6.35. The van der Waals surface area contributed by atoms with Crippen molar-refractivity contribution >= 4 is 35.6 Å². The highest BCUT2D eigenvalue weighted by Crippen LogP contribution is 2.05. The number of nitrogens with zero attached hydrogens (tertiary/aromatic N) is 1. The maximum atomic E-state index is 13.1. The zero-order valence-corrected chi connectivity index (χ0v) is 20.1. The van der Waals surface area contributed by atoms with E-state index in [9.17, 15) is 33.9 Å². The fourth-order valence-electron chi connectivity index (χ4n) is 3.22. The molecule has 206 valence electrons. The van der Waals surface area contributed by atoms with Crippen molar-refractivity contribution in [2.24, 2.45) is 17.2 Å². The summed E-state index contributed by atoms with van der Waals surface area (Å²) < 4.78 is 0. The van der Waals surface area contributed by atoms with Crippen LogP contribution in [0, 0.1) is 0 Å². The summed E-state index contributed by atoms with van der Waals surface area (Å²) in [5, 5.41) is 25.0. The first-order chi connectivity index (χ1) is 17.4. The third kappa shape index (κ3) is 12.0. The van der Waals surface area contributed by atoms with Crippen molar-refractivity contribution in [2.45, 2.75) is 69.1 Å². The number of carbonyl (C=O) groups excluding carboxylic acids is 4. The van der Waals surface area contributed by atoms with Crippen molar-refractivity contribution in [3.63, 3.8) is 0 Å². The first kappa shape index (κ1) is 31.0. The summed E-state index contributed by atoms with van der Waals surface area (Å²) in [7, 11) is 0. The standard InChI is InChI=1S/C21H34N8O8/c22-6-2-1-3-12(23)18(33)28-14(7-11-9-25-10-26-11)19(34)29-15(8-16(24)30)20(35)27-13(21(36)37)4-5-17(31)32/h9-10,12-15H,1-8,22-23H2,(H2,24,30)(H,25,26)(H,27,35)(H,28,33)(H,29,34)(H,31,32)(H,36,37). The van der Waals surface area contributed by atoms with E-state index in [0.29, 0.717) is 31.5 Å². The number of nitrogens with one attached hydrogen (secondary N) is 4. The van der Waals surface area contributed by atoms with Gasteiger partial charge in [-0.2, -0.15) is 0 Å². The number of imidazole rings is 1. The molecule has 16 nitrogen and oxygen atoms in total. The molecule has 0 aromatic carbocycles. The summed E-state index contributed by atoms with van der Waals surface area (Å²) in [4.78, 5) is 78.7. The molecule has 1 aromatic heterocycles. The van der Waals surface area contributed by atoms with Gasteiger partial charge in [0.25, 0.3) is 0 Å². The average molecular weight is 527 g/mol. The molecular formula is C21H34N8O8. The van der Waals surface area contributed by atoms with Gasteiger partial charge in [0.05, 0.1) is 18.8 Å². The topological polar surface area (TPSA) is 286 Å². The van der Waals surface area contributed by atoms with Crippen LogP contribution >= 0.6 is 0 Å². The Balaban J connectivity index is 3.01. The Labute approximate surface area is 212 Å². The van der Waals surface area contributed by atoms with Crippen LogP contribution < -0.4 is 33.2 Å². The molecule has 0 aliphatic rings. The molecule has 0 saturated carbocycles. The lowest BCUT2D eigenvalue weighted by atomic mass is 10.1. The first-order valence-corrected chi connectivity index (χ1v) is 11.5. The molecule has 4 amide bonds. The largest absolute Gasteiger partial charge is 0.481 e. The predicted molar refractivity (Wildman–Crippen MR) is 127 cm³/mol. The van der Waals surface area contributed by atoms with E-state index in [1.54, 1.807) is 0 Å². The highest BCUT2D eigenvalue weighted by Gasteiger charge is 2.31. The molecule has 1 rings (SSSR count). The number of aliphatic carboxylic acids is 2. The van der Waals surface area contributed by atoms with Gasteiger partial charge in [0, 0.05) is 24.7 Å². The summed E-state index contributed by atoms with van der Waals surface area (Å²) in [6.07, 6.45) is 2.60. The van der Waals surface area contributed by atoms with Crippen LogP contribution in [0.25, 0.3) is 0 Å². The number of unbranched alkanes of at least 4 members (excludes halogenated alkanes) is 1. The van der Waals surface area contributed by atoms with Gasteiger partial charge in [-0.05, 0) is 25.8 Å². The molecule has 12 N–H and O–H groups in total. The van der Waals surface area contributed by atoms with Crippen molar-refractivity contribution in [1.29, 1.82) is 0 Å². The SMILES string of the molecule is NCCCCC(N)C(=O)NC(Cc1cnc[nH]1)C(=O)NC(CC(N)=O)C(=O)NC(CCC(=O)O)C(=O)O. The minimum Gasteiger partial charge on any atom is -0.481 e. The average Bonchev–Trinajstić information content (AvgIpc) is 3.33. The van der Waals surface area contributed by atoms with E-state index < -0.39 is 79.0 Å². The van der Waals surface area contributed by atoms with E-state index in [-0.39, 0.29) is 6.42 Å². The number of aromatic amines is 1. The Morgan fingerprint density at radius 2 is 1.54 bits per heavy atom. The van der Waals surface area contributed by atoms with Gasteiger partial charge < -0.3 is 48.3 Å². The molecule has 0 fully saturated rings. The van der Waals surface area contributed by atoms with Crippen LogP contribution in [0.1, 0.15) is 44.2 Å². The maximum absolute atomic E-state index is 13.1. The molecular weight excluding hydrogens is 492 g/mol. The molecule has 0 bridgehead atoms. The van der Waals surface area contributed by atoms with Crippen LogP contribution in [-0.4, -0.2) is 86.5 Å². The lowest BCUT2D eigenvalue weighted by Crippen LogP contribution is -2.58. The number of carboxylic acids is 2. The number of amides is 4. The molecule has 4 unspecified atom stereocenters. The van der Waals surface area contributed by atoms with Gasteiger partial charge in [0.15, 0.2) is 0 Å². The maximum Gasteiger partial charge on any atom is 0.326 e. The van der Waals surface area contributed by atoms with E-state index in [1.165, 1.54) is 12.5 Å². The summed E-state index contributed by atoms with van der Waals surface area (Å²) in [6, 6.07) is -5.38. The smallest absolute Gasteiger partial charge is 0.326 e. The summed E-state index contributed by atoms with van der Waals surface area (Å²) >= 11 is 0. The van der Waals surface area contributed by atoms with Gasteiger partial charge in [-0.15, -0.1) is 0 Å². The predicted octanol–water partition coefficient (Wildman–Crippen LogP) is -3.31. The van der Waals surface area contributed by atoms with Crippen molar-refractivity contribution in [3.8, 4) is 0 Å². The highest BCUT2D eigenvalue weighted by molar-refractivity contribution is 5.96.